The second-order valence-corrected chi connectivity index (χ2v) is 5.22. The Labute approximate surface area is 81.9 Å². The van der Waals surface area contributed by atoms with Crippen LogP contribution in [0.4, 0.5) is 4.70 Å². The van der Waals surface area contributed by atoms with Gasteiger partial charge in [0.15, 0.2) is 0 Å². The molecule has 0 aromatic rings. The summed E-state index contributed by atoms with van der Waals surface area (Å²) in [7, 11) is 0. The minimum atomic E-state index is 0. The van der Waals surface area contributed by atoms with Gasteiger partial charge in [0.25, 0.3) is 0 Å². The molecule has 0 spiro atoms. The van der Waals surface area contributed by atoms with Crippen LogP contribution in [0.1, 0.15) is 53.9 Å². The highest BCUT2D eigenvalue weighted by molar-refractivity contribution is 4.95. The zero-order valence-electron chi connectivity index (χ0n) is 9.68. The molecule has 0 bridgehead atoms. The molecular formula is C11H24FN. The maximum absolute atomic E-state index is 2.64. The molecule has 1 saturated heterocycles. The molecule has 0 N–H and O–H groups in total. The molecule has 0 aromatic heterocycles. The van der Waals surface area contributed by atoms with E-state index in [9.17, 15) is 0 Å². The van der Waals surface area contributed by atoms with Gasteiger partial charge in [-0.05, 0) is 53.5 Å². The normalized spacial score (nSPS) is 26.5. The molecule has 1 aliphatic heterocycles. The lowest BCUT2D eigenvalue weighted by Crippen LogP contribution is -2.58. The van der Waals surface area contributed by atoms with Gasteiger partial charge in [-0.15, -0.1) is 0 Å². The molecule has 0 atom stereocenters. The van der Waals surface area contributed by atoms with Crippen molar-refractivity contribution in [3.63, 3.8) is 0 Å². The van der Waals surface area contributed by atoms with Crippen LogP contribution in [0.15, 0.2) is 0 Å². The van der Waals surface area contributed by atoms with Crippen LogP contribution in [0.5, 0.6) is 0 Å². The highest BCUT2D eigenvalue weighted by atomic mass is 19.0. The van der Waals surface area contributed by atoms with Gasteiger partial charge in [-0.2, -0.15) is 0 Å². The number of hydrogen-bond acceptors (Lipinski definition) is 1. The van der Waals surface area contributed by atoms with Crippen LogP contribution < -0.4 is 0 Å². The molecule has 1 nitrogen and oxygen atoms in total. The molecule has 0 saturated carbocycles. The first-order valence-corrected chi connectivity index (χ1v) is 5.18. The van der Waals surface area contributed by atoms with Crippen LogP contribution in [-0.2, 0) is 0 Å². The Balaban J connectivity index is 0.00000144. The topological polar surface area (TPSA) is 3.24 Å². The first-order chi connectivity index (χ1) is 5.40. The van der Waals surface area contributed by atoms with E-state index in [4.69, 9.17) is 0 Å². The number of likely N-dealkylation sites (tertiary alicyclic amines) is 1. The summed E-state index contributed by atoms with van der Waals surface area (Å²) < 4.78 is 0. The van der Waals surface area contributed by atoms with Crippen LogP contribution in [0.3, 0.4) is 0 Å². The van der Waals surface area contributed by atoms with E-state index in [1.807, 2.05) is 0 Å². The van der Waals surface area contributed by atoms with Gasteiger partial charge >= 0.3 is 0 Å². The quantitative estimate of drug-likeness (QED) is 0.612. The third-order valence-corrected chi connectivity index (χ3v) is 3.35. The second-order valence-electron chi connectivity index (χ2n) is 5.22. The standard InChI is InChI=1S/C11H23N.FH/c1-6-12-10(2,3)8-7-9-11(12,4)5;/h6-9H2,1-5H3;1H. The van der Waals surface area contributed by atoms with Crippen molar-refractivity contribution < 1.29 is 4.70 Å². The van der Waals surface area contributed by atoms with E-state index < -0.39 is 0 Å². The monoisotopic (exact) mass is 189 g/mol. The minimum Gasteiger partial charge on any atom is -0.293 e. The molecule has 0 aromatic carbocycles. The first kappa shape index (κ1) is 12.9. The minimum absolute atomic E-state index is 0. The van der Waals surface area contributed by atoms with Crippen molar-refractivity contribution in [2.24, 2.45) is 0 Å². The van der Waals surface area contributed by atoms with E-state index in [-0.39, 0.29) is 4.70 Å². The van der Waals surface area contributed by atoms with Gasteiger partial charge in [0, 0.05) is 11.1 Å². The van der Waals surface area contributed by atoms with Gasteiger partial charge in [0.05, 0.1) is 0 Å². The summed E-state index contributed by atoms with van der Waals surface area (Å²) in [6.45, 7) is 12.9. The Bertz CT molecular complexity index is 147. The fourth-order valence-corrected chi connectivity index (χ4v) is 2.90. The Morgan fingerprint density at radius 1 is 1.00 bits per heavy atom. The third-order valence-electron chi connectivity index (χ3n) is 3.35. The maximum atomic E-state index is 2.64. The van der Waals surface area contributed by atoms with E-state index in [1.54, 1.807) is 0 Å². The Kier molecular flexibility index (Phi) is 3.92. The second kappa shape index (κ2) is 3.95. The van der Waals surface area contributed by atoms with Gasteiger partial charge < -0.3 is 0 Å². The van der Waals surface area contributed by atoms with Gasteiger partial charge in [-0.25, -0.2) is 0 Å². The predicted octanol–water partition coefficient (Wildman–Crippen LogP) is 3.20. The molecule has 1 rings (SSSR count). The number of halogens is 1. The van der Waals surface area contributed by atoms with Gasteiger partial charge in [-0.1, -0.05) is 6.92 Å². The average Bonchev–Trinajstić information content (AvgIpc) is 1.83. The summed E-state index contributed by atoms with van der Waals surface area (Å²) in [4.78, 5) is 2.64. The van der Waals surface area contributed by atoms with E-state index >= 15 is 0 Å². The van der Waals surface area contributed by atoms with Crippen LogP contribution in [-0.4, -0.2) is 22.5 Å². The summed E-state index contributed by atoms with van der Waals surface area (Å²) in [5.41, 5.74) is 0.826. The molecule has 0 radical (unpaired) electrons. The molecule has 0 unspecified atom stereocenters. The SMILES string of the molecule is CCN1C(C)(C)CCCC1(C)C.F. The molecule has 1 fully saturated rings. The fraction of sp³-hybridized carbons (Fsp3) is 1.00. The zero-order chi connectivity index (χ0) is 9.41. The lowest BCUT2D eigenvalue weighted by atomic mass is 9.80. The fourth-order valence-electron chi connectivity index (χ4n) is 2.90. The number of nitrogens with zero attached hydrogens (tertiary/aromatic N) is 1. The van der Waals surface area contributed by atoms with Crippen LogP contribution in [0.2, 0.25) is 0 Å². The van der Waals surface area contributed by atoms with E-state index in [2.05, 4.69) is 39.5 Å². The molecule has 0 aliphatic carbocycles. The number of rotatable bonds is 1. The van der Waals surface area contributed by atoms with Gasteiger partial charge in [-0.3, -0.25) is 9.60 Å². The van der Waals surface area contributed by atoms with E-state index in [0.29, 0.717) is 11.1 Å². The van der Waals surface area contributed by atoms with E-state index in [0.717, 1.165) is 0 Å². The zero-order valence-corrected chi connectivity index (χ0v) is 9.68. The van der Waals surface area contributed by atoms with E-state index in [1.165, 1.54) is 25.8 Å². The summed E-state index contributed by atoms with van der Waals surface area (Å²) in [6.07, 6.45) is 4.09. The van der Waals surface area contributed by atoms with Crippen molar-refractivity contribution in [3.05, 3.63) is 0 Å². The summed E-state index contributed by atoms with van der Waals surface area (Å²) in [6, 6.07) is 0. The van der Waals surface area contributed by atoms with Crippen molar-refractivity contribution in [1.82, 2.24) is 4.90 Å². The Morgan fingerprint density at radius 3 is 1.62 bits per heavy atom. The van der Waals surface area contributed by atoms with Crippen LogP contribution in [0, 0.1) is 0 Å². The van der Waals surface area contributed by atoms with Crippen molar-refractivity contribution in [3.8, 4) is 0 Å². The Hall–Kier alpha value is -0.110. The Morgan fingerprint density at radius 2 is 1.38 bits per heavy atom. The molecule has 0 amide bonds. The van der Waals surface area contributed by atoms with Crippen LogP contribution >= 0.6 is 0 Å². The smallest absolute Gasteiger partial charge is 0.0158 e. The largest absolute Gasteiger partial charge is 0.293 e. The highest BCUT2D eigenvalue weighted by Gasteiger charge is 2.39. The first-order valence-electron chi connectivity index (χ1n) is 5.18. The molecule has 2 heteroatoms. The number of hydrogen-bond donors (Lipinski definition) is 0. The number of piperidine rings is 1. The van der Waals surface area contributed by atoms with Crippen molar-refractivity contribution in [1.29, 1.82) is 0 Å². The molecule has 1 heterocycles. The summed E-state index contributed by atoms with van der Waals surface area (Å²) >= 11 is 0. The molecule has 1 aliphatic rings. The van der Waals surface area contributed by atoms with Crippen LogP contribution in [0.25, 0.3) is 0 Å². The highest BCUT2D eigenvalue weighted by Crippen LogP contribution is 2.37. The lowest BCUT2D eigenvalue weighted by molar-refractivity contribution is -0.0218. The average molecular weight is 189 g/mol. The van der Waals surface area contributed by atoms with Crippen molar-refractivity contribution >= 4 is 0 Å². The molecular weight excluding hydrogens is 165 g/mol. The van der Waals surface area contributed by atoms with Crippen molar-refractivity contribution in [2.75, 3.05) is 6.54 Å². The summed E-state index contributed by atoms with van der Waals surface area (Å²) in [5, 5.41) is 0. The lowest BCUT2D eigenvalue weighted by Gasteiger charge is -2.52. The van der Waals surface area contributed by atoms with Gasteiger partial charge in [0.1, 0.15) is 0 Å². The maximum Gasteiger partial charge on any atom is 0.0158 e. The third kappa shape index (κ3) is 2.43. The molecule has 13 heavy (non-hydrogen) atoms. The summed E-state index contributed by atoms with van der Waals surface area (Å²) in [5.74, 6) is 0. The molecule has 80 valence electrons. The van der Waals surface area contributed by atoms with Crippen molar-refractivity contribution in [2.45, 2.75) is 65.0 Å². The predicted molar refractivity (Wildman–Crippen MR) is 56.9 cm³/mol. The van der Waals surface area contributed by atoms with Gasteiger partial charge in [0.2, 0.25) is 0 Å².